The number of nitrogens with zero attached hydrogens (tertiary/aromatic N) is 4. The van der Waals surface area contributed by atoms with E-state index in [1.807, 2.05) is 44.2 Å². The summed E-state index contributed by atoms with van der Waals surface area (Å²) in [5.74, 6) is 0.530. The average Bonchev–Trinajstić information content (AvgIpc) is 3.54. The third kappa shape index (κ3) is 5.81. The van der Waals surface area contributed by atoms with Crippen LogP contribution in [0.15, 0.2) is 48.7 Å². The molecule has 3 N–H and O–H groups in total. The summed E-state index contributed by atoms with van der Waals surface area (Å²) in [6.07, 6.45) is 2.40. The van der Waals surface area contributed by atoms with Gasteiger partial charge in [-0.2, -0.15) is 5.10 Å². The Hall–Kier alpha value is -3.95. The van der Waals surface area contributed by atoms with Crippen molar-refractivity contribution < 1.29 is 14.4 Å². The zero-order valence-corrected chi connectivity index (χ0v) is 20.9. The predicted molar refractivity (Wildman–Crippen MR) is 135 cm³/mol. The molecule has 1 aliphatic heterocycles. The van der Waals surface area contributed by atoms with E-state index in [1.54, 1.807) is 34.8 Å². The van der Waals surface area contributed by atoms with E-state index in [0.717, 1.165) is 5.56 Å². The smallest absolute Gasteiger partial charge is 0.270 e. The first-order chi connectivity index (χ1) is 17.3. The molecule has 10 nitrogen and oxygen atoms in total. The van der Waals surface area contributed by atoms with Crippen LogP contribution in [0.5, 0.6) is 0 Å². The van der Waals surface area contributed by atoms with Crippen LogP contribution in [0.3, 0.4) is 0 Å². The van der Waals surface area contributed by atoms with Crippen molar-refractivity contribution in [3.63, 3.8) is 0 Å². The molecular weight excluding hydrogens is 458 g/mol. The quantitative estimate of drug-likeness (QED) is 0.519. The minimum absolute atomic E-state index is 0.00739. The first-order valence-electron chi connectivity index (χ1n) is 12.4. The summed E-state index contributed by atoms with van der Waals surface area (Å²) in [4.78, 5) is 48.1. The van der Waals surface area contributed by atoms with Crippen molar-refractivity contribution in [2.45, 2.75) is 52.2 Å². The molecule has 3 amide bonds. The molecule has 0 spiro atoms. The van der Waals surface area contributed by atoms with Gasteiger partial charge in [0.2, 0.25) is 11.8 Å². The fraction of sp³-hybridized carbons (Fsp3) is 0.423. The number of fused-ring (bicyclic) bond motifs is 1. The van der Waals surface area contributed by atoms with Gasteiger partial charge in [0.05, 0.1) is 12.6 Å². The molecule has 0 saturated carbocycles. The number of rotatable bonds is 3. The average molecular weight is 492 g/mol. The van der Waals surface area contributed by atoms with Gasteiger partial charge in [0.25, 0.3) is 5.91 Å². The summed E-state index contributed by atoms with van der Waals surface area (Å²) in [7, 11) is 0. The van der Waals surface area contributed by atoms with E-state index >= 15 is 0 Å². The second-order valence-electron chi connectivity index (χ2n) is 9.38. The second kappa shape index (κ2) is 11.2. The number of hydrogen-bond acceptors (Lipinski definition) is 5. The first-order valence-corrected chi connectivity index (χ1v) is 12.4. The van der Waals surface area contributed by atoms with Crippen LogP contribution in [-0.2, 0) is 16.1 Å². The summed E-state index contributed by atoms with van der Waals surface area (Å²) in [6, 6.07) is 12.0. The predicted octanol–water partition coefficient (Wildman–Crippen LogP) is 2.53. The summed E-state index contributed by atoms with van der Waals surface area (Å²) >= 11 is 0. The number of hydrogen-bond donors (Lipinski definition) is 3. The zero-order chi connectivity index (χ0) is 25.7. The van der Waals surface area contributed by atoms with E-state index in [-0.39, 0.29) is 30.1 Å². The molecule has 1 aliphatic rings. The number of carbonyl (C=O) groups excluding carboxylic acids is 3. The molecule has 0 bridgehead atoms. The van der Waals surface area contributed by atoms with Gasteiger partial charge >= 0.3 is 0 Å². The van der Waals surface area contributed by atoms with Gasteiger partial charge in [0, 0.05) is 31.3 Å². The third-order valence-electron chi connectivity index (χ3n) is 6.27. The topological polar surface area (TPSA) is 125 Å². The molecule has 0 aliphatic carbocycles. The van der Waals surface area contributed by atoms with E-state index < -0.39 is 12.1 Å². The SMILES string of the molecule is CC(C)[C@@H]1NC(=O)[C@@H](C)NC(=O)CCCN(C(=O)c2ccc[nH]2)CCn2nc(-c3ccccc3)nc21. The molecule has 1 aromatic carbocycles. The standard InChI is InChI=1S/C26H33N7O3/c1-17(2)22-24-30-23(19-9-5-4-6-10-19)31-33(24)16-15-32(26(36)20-11-7-13-27-20)14-8-12-21(34)28-18(3)25(35)29-22/h4-7,9-11,13,17-18,22,27H,8,12,14-16H2,1-3H3,(H,28,34)(H,29,35)/t18-,22+/m1/s1. The molecule has 190 valence electrons. The summed E-state index contributed by atoms with van der Waals surface area (Å²) < 4.78 is 1.79. The lowest BCUT2D eigenvalue weighted by Gasteiger charge is -2.27. The Kier molecular flexibility index (Phi) is 7.82. The van der Waals surface area contributed by atoms with Gasteiger partial charge in [0.1, 0.15) is 11.7 Å². The van der Waals surface area contributed by atoms with E-state index in [9.17, 15) is 14.4 Å². The molecule has 2 atom stereocenters. The minimum atomic E-state index is -0.705. The highest BCUT2D eigenvalue weighted by molar-refractivity contribution is 5.92. The normalized spacial score (nSPS) is 19.8. The number of aromatic nitrogens is 4. The Bertz CT molecular complexity index is 1190. The van der Waals surface area contributed by atoms with Crippen molar-refractivity contribution in [1.29, 1.82) is 0 Å². The lowest BCUT2D eigenvalue weighted by molar-refractivity contribution is -0.129. The number of amides is 3. The molecule has 0 radical (unpaired) electrons. The largest absolute Gasteiger partial charge is 0.357 e. The van der Waals surface area contributed by atoms with E-state index in [0.29, 0.717) is 43.4 Å². The van der Waals surface area contributed by atoms with Gasteiger partial charge in [-0.05, 0) is 31.4 Å². The molecule has 2 aromatic heterocycles. The number of carbonyl (C=O) groups is 3. The van der Waals surface area contributed by atoms with E-state index in [1.165, 1.54) is 0 Å². The number of aromatic amines is 1. The lowest BCUT2D eigenvalue weighted by atomic mass is 10.0. The van der Waals surface area contributed by atoms with Crippen molar-refractivity contribution in [3.8, 4) is 11.4 Å². The Morgan fingerprint density at radius 1 is 1.03 bits per heavy atom. The van der Waals surface area contributed by atoms with Crippen molar-refractivity contribution in [1.82, 2.24) is 35.3 Å². The highest BCUT2D eigenvalue weighted by Crippen LogP contribution is 2.24. The van der Waals surface area contributed by atoms with Crippen molar-refractivity contribution in [3.05, 3.63) is 60.2 Å². The minimum Gasteiger partial charge on any atom is -0.357 e. The maximum Gasteiger partial charge on any atom is 0.270 e. The van der Waals surface area contributed by atoms with Gasteiger partial charge < -0.3 is 20.5 Å². The van der Waals surface area contributed by atoms with Crippen LogP contribution >= 0.6 is 0 Å². The first kappa shape index (κ1) is 25.2. The highest BCUT2D eigenvalue weighted by atomic mass is 16.2. The monoisotopic (exact) mass is 491 g/mol. The Morgan fingerprint density at radius 2 is 1.81 bits per heavy atom. The summed E-state index contributed by atoms with van der Waals surface area (Å²) in [5, 5.41) is 10.6. The fourth-order valence-electron chi connectivity index (χ4n) is 4.24. The zero-order valence-electron chi connectivity index (χ0n) is 20.9. The molecule has 4 rings (SSSR count). The lowest BCUT2D eigenvalue weighted by Crippen LogP contribution is -2.47. The number of nitrogens with one attached hydrogen (secondary N) is 3. The van der Waals surface area contributed by atoms with E-state index in [4.69, 9.17) is 10.1 Å². The number of H-pyrrole nitrogens is 1. The molecule has 10 heteroatoms. The molecular formula is C26H33N7O3. The van der Waals surface area contributed by atoms with Crippen molar-refractivity contribution in [2.24, 2.45) is 5.92 Å². The van der Waals surface area contributed by atoms with Gasteiger partial charge in [-0.15, -0.1) is 0 Å². The van der Waals surface area contributed by atoms with Gasteiger partial charge in [-0.1, -0.05) is 44.2 Å². The maximum absolute atomic E-state index is 13.2. The van der Waals surface area contributed by atoms with Crippen LogP contribution in [0.25, 0.3) is 11.4 Å². The Labute approximate surface area is 210 Å². The third-order valence-corrected chi connectivity index (χ3v) is 6.27. The maximum atomic E-state index is 13.2. The Morgan fingerprint density at radius 3 is 2.50 bits per heavy atom. The van der Waals surface area contributed by atoms with E-state index in [2.05, 4.69) is 15.6 Å². The van der Waals surface area contributed by atoms with Gasteiger partial charge in [-0.25, -0.2) is 9.67 Å². The number of benzene rings is 1. The highest BCUT2D eigenvalue weighted by Gasteiger charge is 2.29. The molecule has 0 fully saturated rings. The van der Waals surface area contributed by atoms with Crippen LogP contribution in [0.1, 0.15) is 56.0 Å². The second-order valence-corrected chi connectivity index (χ2v) is 9.38. The molecule has 36 heavy (non-hydrogen) atoms. The summed E-state index contributed by atoms with van der Waals surface area (Å²) in [6.45, 7) is 6.83. The molecule has 3 heterocycles. The fourth-order valence-corrected chi connectivity index (χ4v) is 4.24. The molecule has 0 unspecified atom stereocenters. The summed E-state index contributed by atoms with van der Waals surface area (Å²) in [5.41, 5.74) is 1.36. The molecule has 0 saturated heterocycles. The van der Waals surface area contributed by atoms with Crippen LogP contribution < -0.4 is 10.6 Å². The molecule has 3 aromatic rings. The van der Waals surface area contributed by atoms with Crippen LogP contribution in [-0.4, -0.2) is 61.5 Å². The van der Waals surface area contributed by atoms with Gasteiger partial charge in [-0.3, -0.25) is 14.4 Å². The van der Waals surface area contributed by atoms with Crippen LogP contribution in [0, 0.1) is 5.92 Å². The van der Waals surface area contributed by atoms with Crippen LogP contribution in [0.4, 0.5) is 0 Å². The van der Waals surface area contributed by atoms with Crippen LogP contribution in [0.2, 0.25) is 0 Å². The Balaban J connectivity index is 1.72. The van der Waals surface area contributed by atoms with Crippen molar-refractivity contribution in [2.75, 3.05) is 13.1 Å². The van der Waals surface area contributed by atoms with Crippen molar-refractivity contribution >= 4 is 17.7 Å². The van der Waals surface area contributed by atoms with Gasteiger partial charge in [0.15, 0.2) is 11.6 Å².